The van der Waals surface area contributed by atoms with Gasteiger partial charge in [0.05, 0.1) is 23.4 Å². The van der Waals surface area contributed by atoms with E-state index in [1.54, 1.807) is 30.3 Å². The molecule has 0 aliphatic rings. The van der Waals surface area contributed by atoms with Crippen molar-refractivity contribution in [1.29, 1.82) is 0 Å². The normalized spacial score (nSPS) is 11.4. The van der Waals surface area contributed by atoms with Crippen molar-refractivity contribution in [2.75, 3.05) is 10.8 Å². The average Bonchev–Trinajstić information content (AvgIpc) is 2.55. The molecule has 134 valence electrons. The van der Waals surface area contributed by atoms with Gasteiger partial charge in [0.2, 0.25) is 0 Å². The van der Waals surface area contributed by atoms with Crippen LogP contribution in [0.15, 0.2) is 60.0 Å². The molecule has 2 rings (SSSR count). The molecule has 0 aliphatic heterocycles. The summed E-state index contributed by atoms with van der Waals surface area (Å²) in [4.78, 5) is -0.0500. The molecule has 25 heavy (non-hydrogen) atoms. The van der Waals surface area contributed by atoms with E-state index in [0.29, 0.717) is 16.5 Å². The summed E-state index contributed by atoms with van der Waals surface area (Å²) in [6.45, 7) is 7.57. The maximum atomic E-state index is 13.1. The first-order valence-corrected chi connectivity index (χ1v) is 9.80. The van der Waals surface area contributed by atoms with Gasteiger partial charge in [-0.1, -0.05) is 29.3 Å². The summed E-state index contributed by atoms with van der Waals surface area (Å²) >= 11 is 12.0. The van der Waals surface area contributed by atoms with Crippen LogP contribution in [0, 0.1) is 0 Å². The third-order valence-corrected chi connectivity index (χ3v) is 5.76. The van der Waals surface area contributed by atoms with Crippen LogP contribution in [0.3, 0.4) is 0 Å². The number of rotatable bonds is 7. The monoisotopic (exact) mass is 399 g/mol. The zero-order valence-electron chi connectivity index (χ0n) is 13.9. The first-order valence-electron chi connectivity index (χ1n) is 7.61. The standard InChI is InChI=1S/C18H19Cl2NO3S/c1-4-11-21(15-6-8-16(9-7-15)24-13(2)3)25(22,23)18-12-14(19)5-10-17(18)20/h4-10,12-13H,1,11H2,2-3H3. The van der Waals surface area contributed by atoms with Gasteiger partial charge in [-0.15, -0.1) is 6.58 Å². The Morgan fingerprint density at radius 2 is 1.80 bits per heavy atom. The molecule has 7 heteroatoms. The van der Waals surface area contributed by atoms with E-state index in [0.717, 1.165) is 0 Å². The molecule has 0 aliphatic carbocycles. The zero-order chi connectivity index (χ0) is 18.6. The molecule has 0 radical (unpaired) electrons. The summed E-state index contributed by atoms with van der Waals surface area (Å²) in [6.07, 6.45) is 1.54. The first kappa shape index (κ1) is 19.6. The molecule has 0 unspecified atom stereocenters. The van der Waals surface area contributed by atoms with Crippen molar-refractivity contribution >= 4 is 38.9 Å². The number of hydrogen-bond acceptors (Lipinski definition) is 3. The summed E-state index contributed by atoms with van der Waals surface area (Å²) < 4.78 is 32.9. The largest absolute Gasteiger partial charge is 0.491 e. The Balaban J connectivity index is 2.46. The molecule has 2 aromatic carbocycles. The molecule has 2 aromatic rings. The van der Waals surface area contributed by atoms with Gasteiger partial charge in [-0.25, -0.2) is 8.42 Å². The number of sulfonamides is 1. The Hall–Kier alpha value is -1.69. The summed E-state index contributed by atoms with van der Waals surface area (Å²) in [6, 6.07) is 11.1. The molecular formula is C18H19Cl2NO3S. The van der Waals surface area contributed by atoms with Crippen molar-refractivity contribution in [3.63, 3.8) is 0 Å². The molecule has 0 amide bonds. The second kappa shape index (κ2) is 8.13. The smallest absolute Gasteiger partial charge is 0.266 e. The van der Waals surface area contributed by atoms with Gasteiger partial charge in [-0.05, 0) is 56.3 Å². The van der Waals surface area contributed by atoms with Gasteiger partial charge >= 0.3 is 0 Å². The molecule has 0 heterocycles. The molecule has 0 saturated heterocycles. The predicted molar refractivity (Wildman–Crippen MR) is 103 cm³/mol. The number of benzene rings is 2. The first-order chi connectivity index (χ1) is 11.8. The number of halogens is 2. The highest BCUT2D eigenvalue weighted by atomic mass is 35.5. The Bertz CT molecular complexity index is 849. The predicted octanol–water partition coefficient (Wildman–Crippen LogP) is 5.16. The summed E-state index contributed by atoms with van der Waals surface area (Å²) in [7, 11) is -3.90. The van der Waals surface area contributed by atoms with Crippen molar-refractivity contribution in [2.24, 2.45) is 0 Å². The minimum absolute atomic E-state index is 0.0316. The third-order valence-electron chi connectivity index (χ3n) is 3.25. The van der Waals surface area contributed by atoms with E-state index in [1.807, 2.05) is 13.8 Å². The molecular weight excluding hydrogens is 381 g/mol. The van der Waals surface area contributed by atoms with E-state index in [4.69, 9.17) is 27.9 Å². The zero-order valence-corrected chi connectivity index (χ0v) is 16.3. The van der Waals surface area contributed by atoms with Gasteiger partial charge in [0, 0.05) is 5.02 Å². The molecule has 0 spiro atoms. The highest BCUT2D eigenvalue weighted by Crippen LogP contribution is 2.31. The van der Waals surface area contributed by atoms with Crippen LogP contribution < -0.4 is 9.04 Å². The molecule has 4 nitrogen and oxygen atoms in total. The van der Waals surface area contributed by atoms with Gasteiger partial charge in [0.25, 0.3) is 10.0 Å². The van der Waals surface area contributed by atoms with Crippen molar-refractivity contribution in [3.8, 4) is 5.75 Å². The Kier molecular flexibility index (Phi) is 6.38. The molecule has 0 saturated carbocycles. The van der Waals surface area contributed by atoms with E-state index < -0.39 is 10.0 Å². The fourth-order valence-corrected chi connectivity index (χ4v) is 4.39. The summed E-state index contributed by atoms with van der Waals surface area (Å²) in [5, 5.41) is 0.403. The highest BCUT2D eigenvalue weighted by Gasteiger charge is 2.26. The molecule has 0 atom stereocenters. The van der Waals surface area contributed by atoms with E-state index in [2.05, 4.69) is 6.58 Å². The lowest BCUT2D eigenvalue weighted by Crippen LogP contribution is -2.31. The lowest BCUT2D eigenvalue weighted by molar-refractivity contribution is 0.242. The Morgan fingerprint density at radius 3 is 2.36 bits per heavy atom. The van der Waals surface area contributed by atoms with Crippen LogP contribution >= 0.6 is 23.2 Å². The maximum absolute atomic E-state index is 13.1. The second-order valence-electron chi connectivity index (χ2n) is 5.56. The van der Waals surface area contributed by atoms with Gasteiger partial charge < -0.3 is 4.74 Å². The van der Waals surface area contributed by atoms with Crippen LogP contribution in [0.4, 0.5) is 5.69 Å². The SMILES string of the molecule is C=CCN(c1ccc(OC(C)C)cc1)S(=O)(=O)c1cc(Cl)ccc1Cl. The topological polar surface area (TPSA) is 46.6 Å². The van der Waals surface area contributed by atoms with E-state index in [1.165, 1.54) is 22.5 Å². The fourth-order valence-electron chi connectivity index (χ4n) is 2.22. The van der Waals surface area contributed by atoms with Gasteiger partial charge in [-0.3, -0.25) is 4.31 Å². The van der Waals surface area contributed by atoms with Crippen LogP contribution in [-0.4, -0.2) is 21.1 Å². The second-order valence-corrected chi connectivity index (χ2v) is 8.23. The number of ether oxygens (including phenoxy) is 1. The number of hydrogen-bond donors (Lipinski definition) is 0. The number of anilines is 1. The van der Waals surface area contributed by atoms with Crippen LogP contribution in [0.5, 0.6) is 5.75 Å². The molecule has 0 fully saturated rings. The van der Waals surface area contributed by atoms with E-state index >= 15 is 0 Å². The summed E-state index contributed by atoms with van der Waals surface area (Å²) in [5.74, 6) is 0.662. The molecule has 0 aromatic heterocycles. The minimum atomic E-state index is -3.90. The summed E-state index contributed by atoms with van der Waals surface area (Å²) in [5.41, 5.74) is 0.479. The van der Waals surface area contributed by atoms with Gasteiger partial charge in [-0.2, -0.15) is 0 Å². The average molecular weight is 400 g/mol. The fraction of sp³-hybridized carbons (Fsp3) is 0.222. The molecule has 0 N–H and O–H groups in total. The van der Waals surface area contributed by atoms with Crippen LogP contribution in [0.25, 0.3) is 0 Å². The lowest BCUT2D eigenvalue weighted by atomic mass is 10.3. The van der Waals surface area contributed by atoms with Gasteiger partial charge in [0.15, 0.2) is 0 Å². The highest BCUT2D eigenvalue weighted by molar-refractivity contribution is 7.93. The van der Waals surface area contributed by atoms with E-state index in [-0.39, 0.29) is 22.6 Å². The molecule has 0 bridgehead atoms. The van der Waals surface area contributed by atoms with Crippen LogP contribution in [0.2, 0.25) is 10.0 Å². The van der Waals surface area contributed by atoms with Crippen molar-refractivity contribution in [3.05, 3.63) is 65.2 Å². The Labute approximate surface area is 158 Å². The maximum Gasteiger partial charge on any atom is 0.266 e. The van der Waals surface area contributed by atoms with Crippen molar-refractivity contribution in [1.82, 2.24) is 0 Å². The van der Waals surface area contributed by atoms with Crippen molar-refractivity contribution in [2.45, 2.75) is 24.8 Å². The number of nitrogens with zero attached hydrogens (tertiary/aromatic N) is 1. The lowest BCUT2D eigenvalue weighted by Gasteiger charge is -2.24. The Morgan fingerprint density at radius 1 is 1.16 bits per heavy atom. The third kappa shape index (κ3) is 4.69. The minimum Gasteiger partial charge on any atom is -0.491 e. The quantitative estimate of drug-likeness (QED) is 0.603. The van der Waals surface area contributed by atoms with Crippen LogP contribution in [-0.2, 0) is 10.0 Å². The van der Waals surface area contributed by atoms with Gasteiger partial charge in [0.1, 0.15) is 10.6 Å². The van der Waals surface area contributed by atoms with Crippen LogP contribution in [0.1, 0.15) is 13.8 Å². The van der Waals surface area contributed by atoms with E-state index in [9.17, 15) is 8.42 Å². The van der Waals surface area contributed by atoms with Crippen molar-refractivity contribution < 1.29 is 13.2 Å².